The number of hydrogen-bond donors (Lipinski definition) is 3. The van der Waals surface area contributed by atoms with Gasteiger partial charge in [0.15, 0.2) is 0 Å². The lowest BCUT2D eigenvalue weighted by molar-refractivity contribution is -0.131. The largest absolute Gasteiger partial charge is 0.349 e. The minimum atomic E-state index is -0.454. The van der Waals surface area contributed by atoms with Gasteiger partial charge in [-0.05, 0) is 61.1 Å². The third kappa shape index (κ3) is 6.29. The van der Waals surface area contributed by atoms with Gasteiger partial charge < -0.3 is 20.9 Å². The van der Waals surface area contributed by atoms with E-state index in [2.05, 4.69) is 16.0 Å². The van der Waals surface area contributed by atoms with Crippen LogP contribution in [-0.2, 0) is 17.9 Å². The Hall–Kier alpha value is -3.42. The van der Waals surface area contributed by atoms with E-state index in [1.54, 1.807) is 29.2 Å². The van der Waals surface area contributed by atoms with E-state index in [1.807, 2.05) is 12.1 Å². The number of carbonyl (C=O) groups is 3. The molecule has 0 heterocycles. The lowest BCUT2D eigenvalue weighted by Gasteiger charge is -2.23. The van der Waals surface area contributed by atoms with Crippen LogP contribution in [0.25, 0.3) is 0 Å². The van der Waals surface area contributed by atoms with Gasteiger partial charge in [-0.25, -0.2) is 9.18 Å². The second-order valence-electron chi connectivity index (χ2n) is 8.36. The zero-order valence-corrected chi connectivity index (χ0v) is 17.8. The molecule has 0 unspecified atom stereocenters. The summed E-state index contributed by atoms with van der Waals surface area (Å²) in [6.07, 6.45) is 3.98. The van der Waals surface area contributed by atoms with Crippen LogP contribution in [-0.4, -0.2) is 41.4 Å². The standard InChI is InChI=1S/C24H27FN4O3/c25-19-7-3-16(4-8-19)13-26-24(32)27-14-22(30)29(21-11-12-21)15-17-1-5-18(6-2-17)23(31)28-20-9-10-20/h1-8,20-21H,9-15H2,(H,28,31)(H2,26,27,32). The van der Waals surface area contributed by atoms with Crippen molar-refractivity contribution in [1.82, 2.24) is 20.9 Å². The van der Waals surface area contributed by atoms with E-state index in [0.717, 1.165) is 36.8 Å². The van der Waals surface area contributed by atoms with Gasteiger partial charge in [0, 0.05) is 30.7 Å². The summed E-state index contributed by atoms with van der Waals surface area (Å²) in [6, 6.07) is 13.2. The van der Waals surface area contributed by atoms with Crippen LogP contribution in [0, 0.1) is 5.82 Å². The minimum absolute atomic E-state index is 0.0648. The predicted molar refractivity (Wildman–Crippen MR) is 117 cm³/mol. The highest BCUT2D eigenvalue weighted by atomic mass is 19.1. The third-order valence-electron chi connectivity index (χ3n) is 5.56. The lowest BCUT2D eigenvalue weighted by Crippen LogP contribution is -2.44. The number of urea groups is 1. The van der Waals surface area contributed by atoms with Crippen LogP contribution in [0.5, 0.6) is 0 Å². The number of carbonyl (C=O) groups excluding carboxylic acids is 3. The lowest BCUT2D eigenvalue weighted by atomic mass is 10.1. The molecule has 0 spiro atoms. The smallest absolute Gasteiger partial charge is 0.315 e. The fourth-order valence-corrected chi connectivity index (χ4v) is 3.37. The van der Waals surface area contributed by atoms with E-state index >= 15 is 0 Å². The second kappa shape index (κ2) is 9.80. The van der Waals surface area contributed by atoms with Crippen molar-refractivity contribution < 1.29 is 18.8 Å². The van der Waals surface area contributed by atoms with Gasteiger partial charge in [-0.1, -0.05) is 24.3 Å². The summed E-state index contributed by atoms with van der Waals surface area (Å²) in [5, 5.41) is 8.21. The van der Waals surface area contributed by atoms with Crippen molar-refractivity contribution in [2.45, 2.75) is 50.9 Å². The van der Waals surface area contributed by atoms with Crippen molar-refractivity contribution >= 4 is 17.8 Å². The molecule has 7 nitrogen and oxygen atoms in total. The number of nitrogens with one attached hydrogen (secondary N) is 3. The number of benzene rings is 2. The number of halogens is 1. The molecule has 2 aliphatic rings. The first-order valence-electron chi connectivity index (χ1n) is 10.9. The SMILES string of the molecule is O=C(NCC(=O)N(Cc1ccc(C(=O)NC2CC2)cc1)C1CC1)NCc1ccc(F)cc1. The summed E-state index contributed by atoms with van der Waals surface area (Å²) >= 11 is 0. The van der Waals surface area contributed by atoms with Crippen LogP contribution in [0.3, 0.4) is 0 Å². The van der Waals surface area contributed by atoms with Crippen LogP contribution < -0.4 is 16.0 Å². The maximum absolute atomic E-state index is 12.9. The molecule has 0 aliphatic heterocycles. The molecule has 32 heavy (non-hydrogen) atoms. The highest BCUT2D eigenvalue weighted by Crippen LogP contribution is 2.28. The maximum atomic E-state index is 12.9. The first-order chi connectivity index (χ1) is 15.5. The first kappa shape index (κ1) is 21.8. The number of rotatable bonds is 9. The van der Waals surface area contributed by atoms with Crippen molar-refractivity contribution in [2.24, 2.45) is 0 Å². The highest BCUT2D eigenvalue weighted by Gasteiger charge is 2.32. The van der Waals surface area contributed by atoms with E-state index in [0.29, 0.717) is 18.2 Å². The Morgan fingerprint density at radius 3 is 2.16 bits per heavy atom. The van der Waals surface area contributed by atoms with Crippen LogP contribution >= 0.6 is 0 Å². The molecule has 2 fully saturated rings. The minimum Gasteiger partial charge on any atom is -0.349 e. The van der Waals surface area contributed by atoms with Gasteiger partial charge in [0.05, 0.1) is 6.54 Å². The topological polar surface area (TPSA) is 90.5 Å². The molecule has 0 bridgehead atoms. The molecule has 0 atom stereocenters. The number of nitrogens with zero attached hydrogens (tertiary/aromatic N) is 1. The molecule has 0 saturated heterocycles. The molecule has 0 aromatic heterocycles. The molecule has 2 saturated carbocycles. The molecule has 168 valence electrons. The van der Waals surface area contributed by atoms with Gasteiger partial charge in [0.2, 0.25) is 5.91 Å². The summed E-state index contributed by atoms with van der Waals surface area (Å²) < 4.78 is 12.9. The van der Waals surface area contributed by atoms with Gasteiger partial charge in [-0.3, -0.25) is 9.59 Å². The van der Waals surface area contributed by atoms with Crippen molar-refractivity contribution in [2.75, 3.05) is 6.54 Å². The zero-order valence-electron chi connectivity index (χ0n) is 17.8. The van der Waals surface area contributed by atoms with Crippen LogP contribution in [0.2, 0.25) is 0 Å². The van der Waals surface area contributed by atoms with E-state index in [4.69, 9.17) is 0 Å². The zero-order chi connectivity index (χ0) is 22.5. The van der Waals surface area contributed by atoms with E-state index in [-0.39, 0.29) is 36.8 Å². The van der Waals surface area contributed by atoms with E-state index < -0.39 is 6.03 Å². The first-order valence-corrected chi connectivity index (χ1v) is 10.9. The highest BCUT2D eigenvalue weighted by molar-refractivity contribution is 5.94. The average Bonchev–Trinajstić information content (AvgIpc) is 3.71. The van der Waals surface area contributed by atoms with Gasteiger partial charge in [-0.2, -0.15) is 0 Å². The average molecular weight is 439 g/mol. The summed E-state index contributed by atoms with van der Waals surface area (Å²) in [4.78, 5) is 38.7. The second-order valence-corrected chi connectivity index (χ2v) is 8.36. The van der Waals surface area contributed by atoms with Gasteiger partial charge >= 0.3 is 6.03 Å². The summed E-state index contributed by atoms with van der Waals surface area (Å²) in [5.74, 6) is -0.551. The molecule has 2 aromatic rings. The van der Waals surface area contributed by atoms with Crippen LogP contribution in [0.1, 0.15) is 47.2 Å². The van der Waals surface area contributed by atoms with E-state index in [1.165, 1.54) is 12.1 Å². The van der Waals surface area contributed by atoms with Gasteiger partial charge in [-0.15, -0.1) is 0 Å². The Morgan fingerprint density at radius 2 is 1.53 bits per heavy atom. The molecule has 0 radical (unpaired) electrons. The monoisotopic (exact) mass is 438 g/mol. The molecule has 2 aliphatic carbocycles. The van der Waals surface area contributed by atoms with Crippen molar-refractivity contribution in [3.05, 3.63) is 71.0 Å². The van der Waals surface area contributed by atoms with Crippen LogP contribution in [0.15, 0.2) is 48.5 Å². The molecule has 4 rings (SSSR count). The summed E-state index contributed by atoms with van der Waals surface area (Å²) in [6.45, 7) is 0.577. The van der Waals surface area contributed by atoms with Crippen molar-refractivity contribution in [3.8, 4) is 0 Å². The van der Waals surface area contributed by atoms with Crippen molar-refractivity contribution in [3.63, 3.8) is 0 Å². The van der Waals surface area contributed by atoms with Gasteiger partial charge in [0.1, 0.15) is 5.82 Å². The Kier molecular flexibility index (Phi) is 6.68. The maximum Gasteiger partial charge on any atom is 0.315 e. The van der Waals surface area contributed by atoms with Crippen molar-refractivity contribution in [1.29, 1.82) is 0 Å². The normalized spacial score (nSPS) is 15.0. The Bertz CT molecular complexity index is 970. The fourth-order valence-electron chi connectivity index (χ4n) is 3.37. The Morgan fingerprint density at radius 1 is 0.875 bits per heavy atom. The third-order valence-corrected chi connectivity index (χ3v) is 5.56. The molecular formula is C24H27FN4O3. The Balaban J connectivity index is 1.25. The van der Waals surface area contributed by atoms with E-state index in [9.17, 15) is 18.8 Å². The molecule has 3 N–H and O–H groups in total. The molecule has 4 amide bonds. The predicted octanol–water partition coefficient (Wildman–Crippen LogP) is 2.71. The molecular weight excluding hydrogens is 411 g/mol. The summed E-state index contributed by atoms with van der Waals surface area (Å²) in [5.41, 5.74) is 2.32. The quantitative estimate of drug-likeness (QED) is 0.562. The molecule has 8 heteroatoms. The fraction of sp³-hybridized carbons (Fsp3) is 0.375. The van der Waals surface area contributed by atoms with Gasteiger partial charge in [0.25, 0.3) is 5.91 Å². The number of amides is 4. The Labute approximate surface area is 186 Å². The van der Waals surface area contributed by atoms with Crippen LogP contribution in [0.4, 0.5) is 9.18 Å². The summed E-state index contributed by atoms with van der Waals surface area (Å²) in [7, 11) is 0. The molecule has 2 aromatic carbocycles. The number of hydrogen-bond acceptors (Lipinski definition) is 3.